The van der Waals surface area contributed by atoms with Gasteiger partial charge in [-0.25, -0.2) is 4.98 Å². The van der Waals surface area contributed by atoms with E-state index in [4.69, 9.17) is 11.6 Å². The monoisotopic (exact) mass is 249 g/mol. The summed E-state index contributed by atoms with van der Waals surface area (Å²) in [4.78, 5) is 7.36. The van der Waals surface area contributed by atoms with Gasteiger partial charge in [0.2, 0.25) is 0 Å². The molecule has 0 aliphatic heterocycles. The predicted octanol–water partition coefficient (Wildman–Crippen LogP) is 3.22. The molecule has 17 heavy (non-hydrogen) atoms. The third kappa shape index (κ3) is 3.32. The number of aromatic amines is 1. The van der Waals surface area contributed by atoms with E-state index in [0.717, 1.165) is 23.1 Å². The number of nitrogens with zero attached hydrogens (tertiary/aromatic N) is 1. The van der Waals surface area contributed by atoms with Gasteiger partial charge in [0.15, 0.2) is 0 Å². The van der Waals surface area contributed by atoms with Crippen LogP contribution in [0.2, 0.25) is 5.02 Å². The van der Waals surface area contributed by atoms with E-state index in [1.165, 1.54) is 5.56 Å². The maximum absolute atomic E-state index is 5.97. The van der Waals surface area contributed by atoms with Crippen LogP contribution < -0.4 is 5.32 Å². The van der Waals surface area contributed by atoms with E-state index in [9.17, 15) is 0 Å². The minimum Gasteiger partial charge on any atom is -0.345 e. The zero-order chi connectivity index (χ0) is 12.3. The van der Waals surface area contributed by atoms with Gasteiger partial charge in [0.1, 0.15) is 5.82 Å². The molecule has 90 valence electrons. The zero-order valence-electron chi connectivity index (χ0n) is 10.00. The molecule has 0 spiro atoms. The first-order valence-electron chi connectivity index (χ1n) is 5.64. The van der Waals surface area contributed by atoms with Gasteiger partial charge in [-0.15, -0.1) is 0 Å². The molecular weight excluding hydrogens is 234 g/mol. The van der Waals surface area contributed by atoms with Crippen LogP contribution in [0.3, 0.4) is 0 Å². The van der Waals surface area contributed by atoms with Crippen LogP contribution >= 0.6 is 11.6 Å². The van der Waals surface area contributed by atoms with Gasteiger partial charge in [-0.2, -0.15) is 0 Å². The number of hydrogen-bond donors (Lipinski definition) is 2. The Morgan fingerprint density at radius 3 is 2.94 bits per heavy atom. The Hall–Kier alpha value is -1.32. The van der Waals surface area contributed by atoms with Crippen molar-refractivity contribution < 1.29 is 0 Å². The number of imidazole rings is 1. The zero-order valence-corrected chi connectivity index (χ0v) is 10.8. The van der Waals surface area contributed by atoms with Crippen molar-refractivity contribution in [3.05, 3.63) is 52.6 Å². The molecule has 1 heterocycles. The Bertz CT molecular complexity index is 493. The van der Waals surface area contributed by atoms with Crippen molar-refractivity contribution in [1.82, 2.24) is 15.3 Å². The molecule has 0 fully saturated rings. The summed E-state index contributed by atoms with van der Waals surface area (Å²) in [6, 6.07) is 8.17. The maximum Gasteiger partial charge on any atom is 0.103 e. The van der Waals surface area contributed by atoms with Gasteiger partial charge >= 0.3 is 0 Å². The van der Waals surface area contributed by atoms with Crippen LogP contribution in [0.5, 0.6) is 0 Å². The average Bonchev–Trinajstić information content (AvgIpc) is 2.72. The fourth-order valence-electron chi connectivity index (χ4n) is 1.72. The second kappa shape index (κ2) is 5.34. The number of nitrogens with one attached hydrogen (secondary N) is 2. The van der Waals surface area contributed by atoms with Crippen LogP contribution in [0, 0.1) is 6.92 Å². The lowest BCUT2D eigenvalue weighted by Crippen LogP contribution is -2.18. The molecule has 0 aliphatic carbocycles. The summed E-state index contributed by atoms with van der Waals surface area (Å²) in [7, 11) is 0. The van der Waals surface area contributed by atoms with Crippen LogP contribution in [0.15, 0.2) is 30.5 Å². The van der Waals surface area contributed by atoms with Crippen molar-refractivity contribution in [3.8, 4) is 0 Å². The van der Waals surface area contributed by atoms with E-state index < -0.39 is 0 Å². The fraction of sp³-hybridized carbons (Fsp3) is 0.308. The Balaban J connectivity index is 1.95. The predicted molar refractivity (Wildman–Crippen MR) is 70.0 cm³/mol. The Labute approximate surface area is 106 Å². The summed E-state index contributed by atoms with van der Waals surface area (Å²) in [5.41, 5.74) is 2.28. The van der Waals surface area contributed by atoms with Gasteiger partial charge < -0.3 is 10.3 Å². The molecule has 2 rings (SSSR count). The molecule has 0 bridgehead atoms. The number of H-pyrrole nitrogens is 1. The van der Waals surface area contributed by atoms with Crippen LogP contribution in [0.1, 0.15) is 30.0 Å². The van der Waals surface area contributed by atoms with Gasteiger partial charge in [0.05, 0.1) is 0 Å². The quantitative estimate of drug-likeness (QED) is 0.874. The molecule has 1 atom stereocenters. The van der Waals surface area contributed by atoms with Gasteiger partial charge in [-0.05, 0) is 31.5 Å². The molecule has 0 aliphatic rings. The lowest BCUT2D eigenvalue weighted by Gasteiger charge is -2.13. The van der Waals surface area contributed by atoms with Crippen molar-refractivity contribution >= 4 is 11.6 Å². The lowest BCUT2D eigenvalue weighted by molar-refractivity contribution is 0.568. The highest BCUT2D eigenvalue weighted by atomic mass is 35.5. The minimum absolute atomic E-state index is 0.261. The van der Waals surface area contributed by atoms with E-state index in [1.807, 2.05) is 31.3 Å². The smallest absolute Gasteiger partial charge is 0.103 e. The number of halogens is 1. The Kier molecular flexibility index (Phi) is 3.82. The van der Waals surface area contributed by atoms with Crippen LogP contribution in [0.4, 0.5) is 0 Å². The summed E-state index contributed by atoms with van der Waals surface area (Å²) >= 11 is 5.97. The fourth-order valence-corrected chi connectivity index (χ4v) is 1.92. The van der Waals surface area contributed by atoms with Crippen molar-refractivity contribution in [2.45, 2.75) is 26.4 Å². The van der Waals surface area contributed by atoms with Crippen molar-refractivity contribution in [2.75, 3.05) is 0 Å². The molecule has 1 aromatic heterocycles. The van der Waals surface area contributed by atoms with E-state index in [0.29, 0.717) is 0 Å². The normalized spacial score (nSPS) is 12.6. The maximum atomic E-state index is 5.97. The number of benzene rings is 1. The molecule has 4 heteroatoms. The number of aromatic nitrogens is 2. The Morgan fingerprint density at radius 1 is 1.47 bits per heavy atom. The first-order valence-corrected chi connectivity index (χ1v) is 6.02. The largest absolute Gasteiger partial charge is 0.345 e. The van der Waals surface area contributed by atoms with E-state index in [1.54, 1.807) is 0 Å². The second-order valence-corrected chi connectivity index (χ2v) is 4.59. The highest BCUT2D eigenvalue weighted by Crippen LogP contribution is 2.17. The number of hydrogen-bond acceptors (Lipinski definition) is 2. The molecule has 0 radical (unpaired) electrons. The molecule has 2 N–H and O–H groups in total. The molecule has 0 amide bonds. The second-order valence-electron chi connectivity index (χ2n) is 4.15. The van der Waals surface area contributed by atoms with Crippen molar-refractivity contribution in [1.29, 1.82) is 0 Å². The molecule has 0 saturated heterocycles. The first kappa shape index (κ1) is 12.1. The van der Waals surface area contributed by atoms with Crippen molar-refractivity contribution in [3.63, 3.8) is 0 Å². The third-order valence-electron chi connectivity index (χ3n) is 2.70. The highest BCUT2D eigenvalue weighted by Gasteiger charge is 2.05. The van der Waals surface area contributed by atoms with E-state index >= 15 is 0 Å². The summed E-state index contributed by atoms with van der Waals surface area (Å²) in [6.07, 6.45) is 1.85. The van der Waals surface area contributed by atoms with Crippen molar-refractivity contribution in [2.24, 2.45) is 0 Å². The molecular formula is C13H16ClN3. The van der Waals surface area contributed by atoms with Gasteiger partial charge in [-0.3, -0.25) is 0 Å². The van der Waals surface area contributed by atoms with Crippen LogP contribution in [-0.4, -0.2) is 9.97 Å². The topological polar surface area (TPSA) is 40.7 Å². The van der Waals surface area contributed by atoms with Gasteiger partial charge in [-0.1, -0.05) is 23.7 Å². The average molecular weight is 250 g/mol. The van der Waals surface area contributed by atoms with E-state index in [2.05, 4.69) is 28.3 Å². The van der Waals surface area contributed by atoms with Gasteiger partial charge in [0, 0.05) is 29.5 Å². The summed E-state index contributed by atoms with van der Waals surface area (Å²) < 4.78 is 0. The van der Waals surface area contributed by atoms with Crippen LogP contribution in [-0.2, 0) is 6.54 Å². The lowest BCUT2D eigenvalue weighted by atomic mass is 10.1. The summed E-state index contributed by atoms with van der Waals surface area (Å²) in [5.74, 6) is 0.942. The molecule has 0 saturated carbocycles. The SMILES string of the molecule is Cc1ncc(CN[C@H](C)c2cccc(Cl)c2)[nH]1. The Morgan fingerprint density at radius 2 is 2.29 bits per heavy atom. The summed E-state index contributed by atoms with van der Waals surface area (Å²) in [5, 5.41) is 4.20. The number of rotatable bonds is 4. The first-order chi connectivity index (χ1) is 8.15. The minimum atomic E-state index is 0.261. The third-order valence-corrected chi connectivity index (χ3v) is 2.94. The molecule has 1 aromatic carbocycles. The number of aryl methyl sites for hydroxylation is 1. The molecule has 0 unspecified atom stereocenters. The standard InChI is InChI=1S/C13H16ClN3/c1-9(11-4-3-5-12(14)6-11)15-7-13-8-16-10(2)17-13/h3-6,8-9,15H,7H2,1-2H3,(H,16,17)/t9-/m1/s1. The highest BCUT2D eigenvalue weighted by molar-refractivity contribution is 6.30. The summed E-state index contributed by atoms with van der Waals surface area (Å²) in [6.45, 7) is 4.84. The van der Waals surface area contributed by atoms with Crippen LogP contribution in [0.25, 0.3) is 0 Å². The van der Waals surface area contributed by atoms with Gasteiger partial charge in [0.25, 0.3) is 0 Å². The molecule has 3 nitrogen and oxygen atoms in total. The van der Waals surface area contributed by atoms with E-state index in [-0.39, 0.29) is 6.04 Å². The molecule has 2 aromatic rings.